The Hall–Kier alpha value is -2.61. The molecule has 2 rings (SSSR count). The topological polar surface area (TPSA) is 102 Å². The zero-order valence-corrected chi connectivity index (χ0v) is 17.3. The highest BCUT2D eigenvalue weighted by atomic mass is 32.1. The molecule has 0 bridgehead atoms. The zero-order chi connectivity index (χ0) is 20.2. The predicted molar refractivity (Wildman–Crippen MR) is 114 cm³/mol. The van der Waals surface area contributed by atoms with Crippen molar-refractivity contribution in [2.24, 2.45) is 10.7 Å². The number of aliphatic imine (C=N–C) groups is 1. The first-order chi connectivity index (χ1) is 13.6. The fraction of sp³-hybridized carbons (Fsp3) is 0.450. The summed E-state index contributed by atoms with van der Waals surface area (Å²) in [7, 11) is 0. The monoisotopic (exact) mass is 403 g/mol. The summed E-state index contributed by atoms with van der Waals surface area (Å²) >= 11 is 1.76. The first-order valence-corrected chi connectivity index (χ1v) is 10.4. The van der Waals surface area contributed by atoms with Crippen molar-refractivity contribution in [3.8, 4) is 5.75 Å². The van der Waals surface area contributed by atoms with E-state index in [0.29, 0.717) is 12.3 Å². The average molecular weight is 404 g/mol. The number of ether oxygens (including phenoxy) is 1. The van der Waals surface area contributed by atoms with Gasteiger partial charge < -0.3 is 21.1 Å². The highest BCUT2D eigenvalue weighted by molar-refractivity contribution is 7.11. The van der Waals surface area contributed by atoms with E-state index in [1.165, 1.54) is 10.4 Å². The van der Waals surface area contributed by atoms with Gasteiger partial charge >= 0.3 is 0 Å². The van der Waals surface area contributed by atoms with Crippen molar-refractivity contribution in [3.05, 3.63) is 45.9 Å². The number of hydrogen-bond donors (Lipinski definition) is 3. The molecule has 7 nitrogen and oxygen atoms in total. The van der Waals surface area contributed by atoms with Gasteiger partial charge in [-0.15, -0.1) is 11.3 Å². The van der Waals surface area contributed by atoms with Crippen molar-refractivity contribution in [1.82, 2.24) is 15.6 Å². The number of benzene rings is 1. The van der Waals surface area contributed by atoms with Gasteiger partial charge in [0.1, 0.15) is 5.75 Å². The van der Waals surface area contributed by atoms with Crippen LogP contribution in [-0.4, -0.2) is 43.1 Å². The van der Waals surface area contributed by atoms with Gasteiger partial charge in [0.05, 0.1) is 5.01 Å². The Morgan fingerprint density at radius 3 is 2.64 bits per heavy atom. The SMILES string of the molecule is CCNC(=NCCc1ncc(CC)s1)NCCc1ccc(OCC(N)=O)cc1. The number of aromatic nitrogens is 1. The number of aryl methyl sites for hydroxylation is 1. The summed E-state index contributed by atoms with van der Waals surface area (Å²) in [6, 6.07) is 7.65. The lowest BCUT2D eigenvalue weighted by Gasteiger charge is -2.11. The number of amides is 1. The molecule has 1 aromatic carbocycles. The van der Waals surface area contributed by atoms with Crippen LogP contribution < -0.4 is 21.1 Å². The van der Waals surface area contributed by atoms with Crippen LogP contribution in [0.15, 0.2) is 35.5 Å². The van der Waals surface area contributed by atoms with Crippen molar-refractivity contribution >= 4 is 23.2 Å². The number of primary amides is 1. The third kappa shape index (κ3) is 7.96. The van der Waals surface area contributed by atoms with Crippen LogP contribution in [0.25, 0.3) is 0 Å². The van der Waals surface area contributed by atoms with E-state index in [9.17, 15) is 4.79 Å². The smallest absolute Gasteiger partial charge is 0.255 e. The summed E-state index contributed by atoms with van der Waals surface area (Å²) in [6.07, 6.45) is 4.70. The van der Waals surface area contributed by atoms with Gasteiger partial charge in [-0.2, -0.15) is 0 Å². The van der Waals surface area contributed by atoms with Gasteiger partial charge in [0, 0.05) is 37.1 Å². The second kappa shape index (κ2) is 12.0. The van der Waals surface area contributed by atoms with E-state index >= 15 is 0 Å². The first kappa shape index (κ1) is 21.7. The summed E-state index contributed by atoms with van der Waals surface area (Å²) < 4.78 is 5.26. The molecule has 28 heavy (non-hydrogen) atoms. The summed E-state index contributed by atoms with van der Waals surface area (Å²) in [5.74, 6) is 0.971. The quantitative estimate of drug-likeness (QED) is 0.393. The predicted octanol–water partition coefficient (Wildman–Crippen LogP) is 1.91. The summed E-state index contributed by atoms with van der Waals surface area (Å²) in [6.45, 7) is 6.38. The van der Waals surface area contributed by atoms with Gasteiger partial charge in [0.2, 0.25) is 0 Å². The van der Waals surface area contributed by atoms with E-state index in [4.69, 9.17) is 10.5 Å². The molecule has 0 radical (unpaired) electrons. The van der Waals surface area contributed by atoms with Crippen LogP contribution in [0.3, 0.4) is 0 Å². The van der Waals surface area contributed by atoms with Crippen LogP contribution in [0.4, 0.5) is 0 Å². The van der Waals surface area contributed by atoms with E-state index in [-0.39, 0.29) is 6.61 Å². The Bertz CT molecular complexity index is 758. The number of thiazole rings is 1. The Labute approximate surface area is 170 Å². The standard InChI is InChI=1S/C20H29N5O2S/c1-3-17-13-25-19(28-17)10-12-24-20(22-4-2)23-11-9-15-5-7-16(8-6-15)27-14-18(21)26/h5-8,13H,3-4,9-12,14H2,1-2H3,(H2,21,26)(H2,22,23,24). The third-order valence-corrected chi connectivity index (χ3v) is 5.10. The molecule has 8 heteroatoms. The molecule has 1 amide bonds. The van der Waals surface area contributed by atoms with Crippen LogP contribution in [0, 0.1) is 0 Å². The van der Waals surface area contributed by atoms with E-state index in [1.807, 2.05) is 30.5 Å². The van der Waals surface area contributed by atoms with E-state index in [0.717, 1.165) is 43.3 Å². The minimum atomic E-state index is -0.482. The van der Waals surface area contributed by atoms with Crippen LogP contribution in [0.5, 0.6) is 5.75 Å². The molecule has 0 spiro atoms. The van der Waals surface area contributed by atoms with E-state index in [1.54, 1.807) is 11.3 Å². The molecule has 0 atom stereocenters. The molecule has 1 aromatic heterocycles. The number of nitrogens with two attached hydrogens (primary N) is 1. The fourth-order valence-corrected chi connectivity index (χ4v) is 3.32. The third-order valence-electron chi connectivity index (χ3n) is 3.90. The zero-order valence-electron chi connectivity index (χ0n) is 16.5. The van der Waals surface area contributed by atoms with Gasteiger partial charge in [-0.05, 0) is 37.5 Å². The van der Waals surface area contributed by atoms with Crippen molar-refractivity contribution in [2.75, 3.05) is 26.2 Å². The molecule has 152 valence electrons. The Morgan fingerprint density at radius 2 is 2.00 bits per heavy atom. The van der Waals surface area contributed by atoms with Crippen LogP contribution in [0.2, 0.25) is 0 Å². The van der Waals surface area contributed by atoms with Crippen molar-refractivity contribution < 1.29 is 9.53 Å². The summed E-state index contributed by atoms with van der Waals surface area (Å²) in [5, 5.41) is 7.76. The average Bonchev–Trinajstić information content (AvgIpc) is 3.15. The molecular weight excluding hydrogens is 374 g/mol. The number of rotatable bonds is 11. The fourth-order valence-electron chi connectivity index (χ4n) is 2.46. The minimum absolute atomic E-state index is 0.107. The molecule has 0 fully saturated rings. The van der Waals surface area contributed by atoms with Crippen molar-refractivity contribution in [2.45, 2.75) is 33.1 Å². The second-order valence-electron chi connectivity index (χ2n) is 6.16. The molecule has 1 heterocycles. The van der Waals surface area contributed by atoms with Crippen LogP contribution >= 0.6 is 11.3 Å². The summed E-state index contributed by atoms with van der Waals surface area (Å²) in [5.41, 5.74) is 6.24. The molecule has 0 aliphatic rings. The maximum Gasteiger partial charge on any atom is 0.255 e. The minimum Gasteiger partial charge on any atom is -0.484 e. The molecular formula is C20H29N5O2S. The van der Waals surface area contributed by atoms with Crippen LogP contribution in [-0.2, 0) is 24.1 Å². The lowest BCUT2D eigenvalue weighted by atomic mass is 10.1. The normalized spacial score (nSPS) is 11.3. The maximum absolute atomic E-state index is 10.7. The van der Waals surface area contributed by atoms with Crippen molar-refractivity contribution in [3.63, 3.8) is 0 Å². The lowest BCUT2D eigenvalue weighted by Crippen LogP contribution is -2.38. The van der Waals surface area contributed by atoms with Gasteiger partial charge in [0.15, 0.2) is 12.6 Å². The Kier molecular flexibility index (Phi) is 9.27. The second-order valence-corrected chi connectivity index (χ2v) is 7.36. The molecule has 2 aromatic rings. The van der Waals surface area contributed by atoms with Crippen LogP contribution in [0.1, 0.15) is 29.3 Å². The van der Waals surface area contributed by atoms with Crippen molar-refractivity contribution in [1.29, 1.82) is 0 Å². The first-order valence-electron chi connectivity index (χ1n) is 9.56. The molecule has 0 saturated heterocycles. The van der Waals surface area contributed by atoms with Gasteiger partial charge in [-0.25, -0.2) is 4.98 Å². The molecule has 0 saturated carbocycles. The molecule has 4 N–H and O–H groups in total. The summed E-state index contributed by atoms with van der Waals surface area (Å²) in [4.78, 5) is 21.1. The number of carbonyl (C=O) groups excluding carboxylic acids is 1. The number of nitrogens with one attached hydrogen (secondary N) is 2. The number of hydrogen-bond acceptors (Lipinski definition) is 5. The highest BCUT2D eigenvalue weighted by Crippen LogP contribution is 2.14. The molecule has 0 unspecified atom stereocenters. The molecule has 0 aliphatic heterocycles. The van der Waals surface area contributed by atoms with Gasteiger partial charge in [-0.1, -0.05) is 19.1 Å². The maximum atomic E-state index is 10.7. The van der Waals surface area contributed by atoms with Gasteiger partial charge in [-0.3, -0.25) is 9.79 Å². The number of nitrogens with zero attached hydrogens (tertiary/aromatic N) is 2. The number of carbonyl (C=O) groups is 1. The van der Waals surface area contributed by atoms with E-state index < -0.39 is 5.91 Å². The lowest BCUT2D eigenvalue weighted by molar-refractivity contribution is -0.119. The van der Waals surface area contributed by atoms with Gasteiger partial charge in [0.25, 0.3) is 5.91 Å². The highest BCUT2D eigenvalue weighted by Gasteiger charge is 2.02. The molecule has 0 aliphatic carbocycles. The van der Waals surface area contributed by atoms with E-state index in [2.05, 4.69) is 34.5 Å². The number of guanidine groups is 1. The Balaban J connectivity index is 1.76. The Morgan fingerprint density at radius 1 is 1.21 bits per heavy atom. The largest absolute Gasteiger partial charge is 0.484 e.